The Balaban J connectivity index is 2.31. The van der Waals surface area contributed by atoms with Crippen LogP contribution in [-0.2, 0) is 4.79 Å². The summed E-state index contributed by atoms with van der Waals surface area (Å²) < 4.78 is 14.1. The molecule has 0 bridgehead atoms. The number of hydrogen-bond acceptors (Lipinski definition) is 5. The highest BCUT2D eigenvalue weighted by Crippen LogP contribution is 2.31. The number of amides is 2. The van der Waals surface area contributed by atoms with Gasteiger partial charge in [-0.05, 0) is 18.9 Å². The van der Waals surface area contributed by atoms with E-state index in [9.17, 15) is 28.9 Å². The highest BCUT2D eigenvalue weighted by molar-refractivity contribution is 5.98. The lowest BCUT2D eigenvalue weighted by Gasteiger charge is -2.27. The number of aldehydes is 1. The summed E-state index contributed by atoms with van der Waals surface area (Å²) in [7, 11) is 0. The number of halogens is 1. The molecule has 0 aliphatic heterocycles. The molecule has 2 rings (SSSR count). The second-order valence-electron chi connectivity index (χ2n) is 5.63. The molecule has 25 heavy (non-hydrogen) atoms. The summed E-state index contributed by atoms with van der Waals surface area (Å²) in [6.45, 7) is -0.181. The number of hydrogen-bond donors (Lipinski definition) is 2. The van der Waals surface area contributed by atoms with Crippen molar-refractivity contribution in [3.05, 3.63) is 39.7 Å². The van der Waals surface area contributed by atoms with Gasteiger partial charge in [0, 0.05) is 25.1 Å². The largest absolute Gasteiger partial charge is 0.465 e. The molecule has 0 spiro atoms. The minimum atomic E-state index is -1.37. The summed E-state index contributed by atoms with van der Waals surface area (Å²) in [5.41, 5.74) is -1.33. The summed E-state index contributed by atoms with van der Waals surface area (Å²) in [4.78, 5) is 45.7. The summed E-state index contributed by atoms with van der Waals surface area (Å²) in [5.74, 6) is -1.92. The van der Waals surface area contributed by atoms with E-state index in [-0.39, 0.29) is 19.0 Å². The smallest absolute Gasteiger partial charge is 0.404 e. The van der Waals surface area contributed by atoms with Gasteiger partial charge in [0.25, 0.3) is 11.6 Å². The number of carboxylic acid groups (broad SMARTS) is 1. The number of nitrogens with zero attached hydrogens (tertiary/aromatic N) is 2. The van der Waals surface area contributed by atoms with Gasteiger partial charge >= 0.3 is 6.09 Å². The molecule has 134 valence electrons. The maximum absolute atomic E-state index is 14.1. The molecule has 1 aromatic carbocycles. The lowest BCUT2D eigenvalue weighted by Crippen LogP contribution is -2.46. The standard InChI is InChI=1S/C15H16FN3O6/c16-11-2-1-3-12(19(24)25)13(11)14(21)18(10-4-5-10)8-9(6-7-20)17-15(22)23/h1-3,7,9-10,17H,4-6,8H2,(H,22,23). The van der Waals surface area contributed by atoms with Crippen molar-refractivity contribution in [3.8, 4) is 0 Å². The van der Waals surface area contributed by atoms with Crippen LogP contribution >= 0.6 is 0 Å². The molecule has 0 saturated heterocycles. The molecule has 9 nitrogen and oxygen atoms in total. The summed E-state index contributed by atoms with van der Waals surface area (Å²) in [5, 5.41) is 22.0. The normalized spacial score (nSPS) is 14.4. The zero-order valence-corrected chi connectivity index (χ0v) is 13.1. The molecule has 10 heteroatoms. The van der Waals surface area contributed by atoms with Crippen LogP contribution in [0.4, 0.5) is 14.9 Å². The van der Waals surface area contributed by atoms with Crippen LogP contribution in [0.25, 0.3) is 0 Å². The van der Waals surface area contributed by atoms with E-state index in [1.54, 1.807) is 0 Å². The van der Waals surface area contributed by atoms with Crippen molar-refractivity contribution in [2.24, 2.45) is 0 Å². The first-order chi connectivity index (χ1) is 11.8. The quantitative estimate of drug-likeness (QED) is 0.414. The molecular formula is C15H16FN3O6. The number of rotatable bonds is 8. The first kappa shape index (κ1) is 18.3. The molecule has 1 aliphatic rings. The van der Waals surface area contributed by atoms with Crippen LogP contribution in [0.1, 0.15) is 29.6 Å². The van der Waals surface area contributed by atoms with Crippen molar-refractivity contribution >= 4 is 24.0 Å². The van der Waals surface area contributed by atoms with Crippen molar-refractivity contribution in [1.82, 2.24) is 10.2 Å². The van der Waals surface area contributed by atoms with Crippen LogP contribution in [0, 0.1) is 15.9 Å². The molecule has 1 atom stereocenters. The highest BCUT2D eigenvalue weighted by Gasteiger charge is 2.38. The molecule has 1 unspecified atom stereocenters. The maximum Gasteiger partial charge on any atom is 0.404 e. The number of nitro benzene ring substituents is 1. The van der Waals surface area contributed by atoms with Crippen molar-refractivity contribution in [3.63, 3.8) is 0 Å². The van der Waals surface area contributed by atoms with Crippen LogP contribution < -0.4 is 5.32 Å². The van der Waals surface area contributed by atoms with Gasteiger partial charge in [0.1, 0.15) is 12.1 Å². The van der Waals surface area contributed by atoms with Gasteiger partial charge in [-0.2, -0.15) is 0 Å². The maximum atomic E-state index is 14.1. The monoisotopic (exact) mass is 353 g/mol. The molecule has 0 radical (unpaired) electrons. The van der Waals surface area contributed by atoms with Crippen molar-refractivity contribution < 1.29 is 28.8 Å². The fourth-order valence-electron chi connectivity index (χ4n) is 2.51. The Hall–Kier alpha value is -3.04. The third-order valence-corrected chi connectivity index (χ3v) is 3.78. The van der Waals surface area contributed by atoms with E-state index in [1.807, 2.05) is 0 Å². The van der Waals surface area contributed by atoms with Crippen LogP contribution in [0.2, 0.25) is 0 Å². The number of carbonyl (C=O) groups excluding carboxylic acids is 2. The summed E-state index contributed by atoms with van der Waals surface area (Å²) in [6, 6.07) is 1.96. The highest BCUT2D eigenvalue weighted by atomic mass is 19.1. The van der Waals surface area contributed by atoms with E-state index < -0.39 is 40.0 Å². The Labute approximate surface area is 141 Å². The van der Waals surface area contributed by atoms with E-state index in [1.165, 1.54) is 4.90 Å². The lowest BCUT2D eigenvalue weighted by atomic mass is 10.1. The zero-order chi connectivity index (χ0) is 18.6. The lowest BCUT2D eigenvalue weighted by molar-refractivity contribution is -0.385. The van der Waals surface area contributed by atoms with Crippen LogP contribution in [0.15, 0.2) is 18.2 Å². The van der Waals surface area contributed by atoms with Gasteiger partial charge in [0.15, 0.2) is 5.56 Å². The van der Waals surface area contributed by atoms with E-state index in [4.69, 9.17) is 5.11 Å². The van der Waals surface area contributed by atoms with Crippen LogP contribution in [-0.4, -0.2) is 51.8 Å². The minimum Gasteiger partial charge on any atom is -0.465 e. The number of nitro groups is 1. The summed E-state index contributed by atoms with van der Waals surface area (Å²) in [6.07, 6.45) is 0.195. The van der Waals surface area contributed by atoms with Gasteiger partial charge in [0.2, 0.25) is 0 Å². The van der Waals surface area contributed by atoms with Crippen LogP contribution in [0.3, 0.4) is 0 Å². The van der Waals surface area contributed by atoms with Crippen molar-refractivity contribution in [1.29, 1.82) is 0 Å². The zero-order valence-electron chi connectivity index (χ0n) is 13.1. The van der Waals surface area contributed by atoms with Gasteiger partial charge in [-0.3, -0.25) is 14.9 Å². The molecule has 0 aromatic heterocycles. The second kappa shape index (κ2) is 7.69. The van der Waals surface area contributed by atoms with E-state index in [0.717, 1.165) is 18.2 Å². The summed E-state index contributed by atoms with van der Waals surface area (Å²) >= 11 is 0. The Bertz CT molecular complexity index is 707. The second-order valence-corrected chi connectivity index (χ2v) is 5.63. The third-order valence-electron chi connectivity index (χ3n) is 3.78. The Morgan fingerprint density at radius 1 is 1.48 bits per heavy atom. The van der Waals surface area contributed by atoms with E-state index in [2.05, 4.69) is 5.32 Å². The van der Waals surface area contributed by atoms with Crippen molar-refractivity contribution in [2.45, 2.75) is 31.3 Å². The molecule has 0 heterocycles. The average Bonchev–Trinajstić information content (AvgIpc) is 3.35. The molecule has 1 aliphatic carbocycles. The molecule has 2 N–H and O–H groups in total. The minimum absolute atomic E-state index is 0.178. The van der Waals surface area contributed by atoms with Gasteiger partial charge in [-0.1, -0.05) is 6.07 Å². The number of carbonyl (C=O) groups is 3. The Morgan fingerprint density at radius 2 is 2.16 bits per heavy atom. The fourth-order valence-corrected chi connectivity index (χ4v) is 2.51. The first-order valence-electron chi connectivity index (χ1n) is 7.52. The van der Waals surface area contributed by atoms with Gasteiger partial charge in [-0.15, -0.1) is 0 Å². The van der Waals surface area contributed by atoms with Crippen LogP contribution in [0.5, 0.6) is 0 Å². The van der Waals surface area contributed by atoms with Gasteiger partial charge in [0.05, 0.1) is 11.0 Å². The Kier molecular flexibility index (Phi) is 5.63. The molecule has 1 aromatic rings. The number of benzene rings is 1. The topological polar surface area (TPSA) is 130 Å². The average molecular weight is 353 g/mol. The predicted molar refractivity (Wildman–Crippen MR) is 82.7 cm³/mol. The van der Waals surface area contributed by atoms with Gasteiger partial charge < -0.3 is 20.1 Å². The molecule has 2 amide bonds. The molecule has 1 saturated carbocycles. The third kappa shape index (κ3) is 4.49. The van der Waals surface area contributed by atoms with E-state index >= 15 is 0 Å². The first-order valence-corrected chi connectivity index (χ1v) is 7.52. The predicted octanol–water partition coefficient (Wildman–Crippen LogP) is 1.56. The molecule has 1 fully saturated rings. The van der Waals surface area contributed by atoms with E-state index in [0.29, 0.717) is 19.1 Å². The fraction of sp³-hybridized carbons (Fsp3) is 0.400. The SMILES string of the molecule is O=CCC(CN(C(=O)c1c(F)cccc1[N+](=O)[O-])C1CC1)NC(=O)O. The Morgan fingerprint density at radius 3 is 2.68 bits per heavy atom. The van der Waals surface area contributed by atoms with Gasteiger partial charge in [-0.25, -0.2) is 9.18 Å². The molecular weight excluding hydrogens is 337 g/mol. The number of nitrogens with one attached hydrogen (secondary N) is 1. The van der Waals surface area contributed by atoms with Crippen molar-refractivity contribution in [2.75, 3.05) is 6.54 Å².